The quantitative estimate of drug-likeness (QED) is 0.352. The summed E-state index contributed by atoms with van der Waals surface area (Å²) in [5.74, 6) is 0.660. The maximum absolute atomic E-state index is 12.4. The highest BCUT2D eigenvalue weighted by Gasteiger charge is 2.10. The third kappa shape index (κ3) is 5.86. The molecule has 4 N–H and O–H groups in total. The molecule has 0 spiro atoms. The number of hydrazine groups is 1. The van der Waals surface area contributed by atoms with Crippen molar-refractivity contribution < 1.29 is 14.3 Å². The van der Waals surface area contributed by atoms with Crippen molar-refractivity contribution in [2.24, 2.45) is 0 Å². The van der Waals surface area contributed by atoms with E-state index in [2.05, 4.69) is 21.5 Å². The molecule has 0 bridgehead atoms. The maximum Gasteiger partial charge on any atom is 0.269 e. The third-order valence-electron chi connectivity index (χ3n) is 4.11. The van der Waals surface area contributed by atoms with Crippen molar-refractivity contribution >= 4 is 40.3 Å². The van der Waals surface area contributed by atoms with Gasteiger partial charge in [0.05, 0.1) is 14.2 Å². The van der Waals surface area contributed by atoms with E-state index in [4.69, 9.17) is 21.7 Å². The van der Waals surface area contributed by atoms with Gasteiger partial charge in [0.2, 0.25) is 0 Å². The van der Waals surface area contributed by atoms with Gasteiger partial charge in [-0.15, -0.1) is 0 Å². The SMILES string of the molecule is COc1cc(OC)cc(C(=O)NNC(=S)Nc2ccc(Nc3ccccc3)cc2)c1. The number of rotatable bonds is 6. The normalized spacial score (nSPS) is 9.93. The minimum atomic E-state index is -0.376. The molecule has 0 aliphatic rings. The molecule has 0 saturated heterocycles. The van der Waals surface area contributed by atoms with E-state index in [9.17, 15) is 4.79 Å². The largest absolute Gasteiger partial charge is 0.497 e. The summed E-state index contributed by atoms with van der Waals surface area (Å²) in [5.41, 5.74) is 8.34. The Morgan fingerprint density at radius 3 is 1.93 bits per heavy atom. The molecule has 0 heterocycles. The molecule has 3 rings (SSSR count). The summed E-state index contributed by atoms with van der Waals surface area (Å²) < 4.78 is 10.4. The van der Waals surface area contributed by atoms with Gasteiger partial charge in [-0.2, -0.15) is 0 Å². The van der Waals surface area contributed by atoms with E-state index in [1.54, 1.807) is 18.2 Å². The van der Waals surface area contributed by atoms with Gasteiger partial charge in [0.1, 0.15) is 11.5 Å². The van der Waals surface area contributed by atoms with Gasteiger partial charge < -0.3 is 20.1 Å². The highest BCUT2D eigenvalue weighted by molar-refractivity contribution is 7.80. The number of nitrogens with one attached hydrogen (secondary N) is 4. The van der Waals surface area contributed by atoms with Gasteiger partial charge in [-0.1, -0.05) is 18.2 Å². The molecule has 7 nitrogen and oxygen atoms in total. The van der Waals surface area contributed by atoms with E-state index in [0.717, 1.165) is 17.1 Å². The second-order valence-electron chi connectivity index (χ2n) is 6.20. The Morgan fingerprint density at radius 2 is 1.33 bits per heavy atom. The fourth-order valence-corrected chi connectivity index (χ4v) is 2.78. The lowest BCUT2D eigenvalue weighted by Crippen LogP contribution is -2.43. The van der Waals surface area contributed by atoms with Crippen LogP contribution in [0.5, 0.6) is 11.5 Å². The molecule has 154 valence electrons. The van der Waals surface area contributed by atoms with Crippen LogP contribution in [-0.2, 0) is 0 Å². The van der Waals surface area contributed by atoms with Gasteiger partial charge in [0, 0.05) is 28.7 Å². The van der Waals surface area contributed by atoms with Crippen LogP contribution in [0.4, 0.5) is 17.1 Å². The summed E-state index contributed by atoms with van der Waals surface area (Å²) in [5, 5.41) is 6.57. The standard InChI is InChI=1S/C22H22N4O3S/c1-28-19-12-15(13-20(14-19)29-2)21(27)25-26-22(30)24-18-10-8-17(9-11-18)23-16-6-4-3-5-7-16/h3-14,23H,1-2H3,(H,25,27)(H2,24,26,30). The summed E-state index contributed by atoms with van der Waals surface area (Å²) in [6.07, 6.45) is 0. The number of thiocarbonyl (C=S) groups is 1. The molecule has 0 aliphatic heterocycles. The van der Waals surface area contributed by atoms with Crippen LogP contribution >= 0.6 is 12.2 Å². The van der Waals surface area contributed by atoms with E-state index in [0.29, 0.717) is 17.1 Å². The average molecular weight is 423 g/mol. The zero-order valence-electron chi connectivity index (χ0n) is 16.6. The molecular weight excluding hydrogens is 400 g/mol. The van der Waals surface area contributed by atoms with Crippen LogP contribution in [0.25, 0.3) is 0 Å². The number of anilines is 3. The van der Waals surface area contributed by atoms with E-state index in [1.165, 1.54) is 14.2 Å². The van der Waals surface area contributed by atoms with E-state index < -0.39 is 0 Å². The zero-order valence-corrected chi connectivity index (χ0v) is 17.4. The van der Waals surface area contributed by atoms with Crippen LogP contribution in [0, 0.1) is 0 Å². The molecule has 8 heteroatoms. The Hall–Kier alpha value is -3.78. The maximum atomic E-state index is 12.4. The Bertz CT molecular complexity index is 988. The van der Waals surface area contributed by atoms with Gasteiger partial charge >= 0.3 is 0 Å². The zero-order chi connectivity index (χ0) is 21.3. The fourth-order valence-electron chi connectivity index (χ4n) is 2.61. The summed E-state index contributed by atoms with van der Waals surface area (Å²) >= 11 is 5.24. The van der Waals surface area contributed by atoms with Crippen LogP contribution in [0.1, 0.15) is 10.4 Å². The number of ether oxygens (including phenoxy) is 2. The topological polar surface area (TPSA) is 83.7 Å². The predicted molar refractivity (Wildman–Crippen MR) is 123 cm³/mol. The van der Waals surface area contributed by atoms with Crippen molar-refractivity contribution in [3.63, 3.8) is 0 Å². The number of methoxy groups -OCH3 is 2. The van der Waals surface area contributed by atoms with Crippen molar-refractivity contribution in [1.82, 2.24) is 10.9 Å². The van der Waals surface area contributed by atoms with E-state index in [1.807, 2.05) is 54.6 Å². The van der Waals surface area contributed by atoms with Crippen molar-refractivity contribution in [2.75, 3.05) is 24.9 Å². The highest BCUT2D eigenvalue weighted by atomic mass is 32.1. The van der Waals surface area contributed by atoms with Crippen molar-refractivity contribution in [3.8, 4) is 11.5 Å². The molecule has 3 aromatic carbocycles. The first-order valence-corrected chi connectivity index (χ1v) is 9.51. The Kier molecular flexibility index (Phi) is 7.07. The van der Waals surface area contributed by atoms with Crippen LogP contribution in [0.15, 0.2) is 72.8 Å². The molecule has 0 atom stereocenters. The van der Waals surface area contributed by atoms with Gasteiger partial charge in [-0.05, 0) is 60.7 Å². The van der Waals surface area contributed by atoms with Gasteiger partial charge in [0.25, 0.3) is 5.91 Å². The number of carbonyl (C=O) groups is 1. The number of carbonyl (C=O) groups excluding carboxylic acids is 1. The molecule has 30 heavy (non-hydrogen) atoms. The molecule has 3 aromatic rings. The minimum Gasteiger partial charge on any atom is -0.497 e. The number of hydrogen-bond donors (Lipinski definition) is 4. The first-order valence-electron chi connectivity index (χ1n) is 9.10. The predicted octanol–water partition coefficient (Wildman–Crippen LogP) is 4.08. The van der Waals surface area contributed by atoms with Crippen LogP contribution in [0.3, 0.4) is 0 Å². The molecule has 0 radical (unpaired) electrons. The second-order valence-corrected chi connectivity index (χ2v) is 6.61. The molecule has 0 aliphatic carbocycles. The fraction of sp³-hybridized carbons (Fsp3) is 0.0909. The smallest absolute Gasteiger partial charge is 0.269 e. The molecule has 1 amide bonds. The first-order chi connectivity index (χ1) is 14.6. The lowest BCUT2D eigenvalue weighted by Gasteiger charge is -2.13. The van der Waals surface area contributed by atoms with Crippen LogP contribution in [-0.4, -0.2) is 25.2 Å². The van der Waals surface area contributed by atoms with E-state index in [-0.39, 0.29) is 11.0 Å². The highest BCUT2D eigenvalue weighted by Crippen LogP contribution is 2.22. The van der Waals surface area contributed by atoms with Gasteiger partial charge in [-0.3, -0.25) is 15.6 Å². The average Bonchev–Trinajstić information content (AvgIpc) is 2.79. The Morgan fingerprint density at radius 1 is 0.767 bits per heavy atom. The van der Waals surface area contributed by atoms with E-state index >= 15 is 0 Å². The van der Waals surface area contributed by atoms with Gasteiger partial charge in [-0.25, -0.2) is 0 Å². The molecular formula is C22H22N4O3S. The lowest BCUT2D eigenvalue weighted by molar-refractivity contribution is 0.0943. The Balaban J connectivity index is 1.52. The molecule has 0 fully saturated rings. The minimum absolute atomic E-state index is 0.252. The molecule has 0 unspecified atom stereocenters. The monoisotopic (exact) mass is 422 g/mol. The Labute approximate surface area is 180 Å². The molecule has 0 aromatic heterocycles. The van der Waals surface area contributed by atoms with Crippen LogP contribution in [0.2, 0.25) is 0 Å². The molecule has 0 saturated carbocycles. The number of benzene rings is 3. The summed E-state index contributed by atoms with van der Waals surface area (Å²) in [6, 6.07) is 22.4. The van der Waals surface area contributed by atoms with Crippen LogP contribution < -0.4 is 31.0 Å². The van der Waals surface area contributed by atoms with Gasteiger partial charge in [0.15, 0.2) is 5.11 Å². The van der Waals surface area contributed by atoms with Crippen molar-refractivity contribution in [3.05, 3.63) is 78.4 Å². The first kappa shape index (κ1) is 20.9. The number of amides is 1. The number of hydrogen-bond acceptors (Lipinski definition) is 5. The summed E-state index contributed by atoms with van der Waals surface area (Å²) in [7, 11) is 3.04. The lowest BCUT2D eigenvalue weighted by atomic mass is 10.2. The summed E-state index contributed by atoms with van der Waals surface area (Å²) in [4.78, 5) is 12.4. The van der Waals surface area contributed by atoms with Crippen molar-refractivity contribution in [1.29, 1.82) is 0 Å². The third-order valence-corrected chi connectivity index (χ3v) is 4.31. The summed E-state index contributed by atoms with van der Waals surface area (Å²) in [6.45, 7) is 0. The van der Waals surface area contributed by atoms with Crippen molar-refractivity contribution in [2.45, 2.75) is 0 Å². The number of para-hydroxylation sites is 1. The second kappa shape index (κ2) is 10.1.